The van der Waals surface area contributed by atoms with E-state index in [9.17, 15) is 36.9 Å². The van der Waals surface area contributed by atoms with Crippen molar-refractivity contribution in [3.05, 3.63) is 125 Å². The second-order valence-electron chi connectivity index (χ2n) is 9.43. The number of fused-ring (bicyclic) bond motifs is 2. The average molecular weight is 648 g/mol. The first-order valence-electron chi connectivity index (χ1n) is 12.0. The molecule has 0 amide bonds. The van der Waals surface area contributed by atoms with E-state index in [1.54, 1.807) is 0 Å². The summed E-state index contributed by atoms with van der Waals surface area (Å²) in [4.78, 5) is 5.50. The van der Waals surface area contributed by atoms with Gasteiger partial charge in [0.1, 0.15) is 42.5 Å². The van der Waals surface area contributed by atoms with Crippen molar-refractivity contribution in [3.63, 3.8) is 0 Å². The Morgan fingerprint density at radius 1 is 0.478 bits per heavy atom. The highest BCUT2D eigenvalue weighted by Gasteiger charge is 2.41. The predicted octanol–water partition coefficient (Wildman–Crippen LogP) is 7.07. The number of nitriles is 2. The minimum atomic E-state index is -2.69. The quantitative estimate of drug-likeness (QED) is 0.0982. The van der Waals surface area contributed by atoms with Crippen molar-refractivity contribution in [1.82, 2.24) is 0 Å². The van der Waals surface area contributed by atoms with E-state index in [0.717, 1.165) is 0 Å². The maximum absolute atomic E-state index is 16.2. The van der Waals surface area contributed by atoms with Crippen molar-refractivity contribution in [1.29, 1.82) is 10.5 Å². The van der Waals surface area contributed by atoms with Gasteiger partial charge in [-0.05, 0) is 11.1 Å². The lowest BCUT2D eigenvalue weighted by Gasteiger charge is -2.18. The lowest BCUT2D eigenvalue weighted by molar-refractivity contribution is 0.381. The molecule has 2 aliphatic rings. The zero-order chi connectivity index (χ0) is 34.1. The number of rotatable bonds is 2. The highest BCUT2D eigenvalue weighted by atomic mass is 19.2. The molecule has 4 nitrogen and oxygen atoms in total. The van der Waals surface area contributed by atoms with Gasteiger partial charge in [-0.2, -0.15) is 20.2 Å². The van der Waals surface area contributed by atoms with Gasteiger partial charge in [0.25, 0.3) is 0 Å². The normalized spacial score (nSPS) is 13.2. The molecule has 0 bridgehead atoms. The maximum Gasteiger partial charge on any atom is 0.525 e. The van der Waals surface area contributed by atoms with Gasteiger partial charge in [-0.15, -0.1) is 0 Å². The summed E-state index contributed by atoms with van der Waals surface area (Å²) >= 11 is 0. The van der Waals surface area contributed by atoms with E-state index in [2.05, 4.69) is 9.69 Å². The molecule has 0 spiro atoms. The fourth-order valence-electron chi connectivity index (χ4n) is 5.40. The summed E-state index contributed by atoms with van der Waals surface area (Å²) in [6, 6.07) is 2.49. The summed E-state index contributed by atoms with van der Waals surface area (Å²) in [7, 11) is 0. The van der Waals surface area contributed by atoms with Crippen molar-refractivity contribution < 1.29 is 52.7 Å². The Balaban J connectivity index is 2.23. The maximum atomic E-state index is 16.2. The Labute approximate surface area is 247 Å². The second kappa shape index (κ2) is 10.9. The van der Waals surface area contributed by atoms with Gasteiger partial charge in [-0.1, -0.05) is 0 Å². The molecule has 0 radical (unpaired) electrons. The topological polar surface area (TPSA) is 56.3 Å². The zero-order valence-electron chi connectivity index (χ0n) is 21.7. The van der Waals surface area contributed by atoms with Gasteiger partial charge in [0, 0.05) is 40.0 Å². The number of benzene rings is 3. The van der Waals surface area contributed by atoms with Gasteiger partial charge < -0.3 is 0 Å². The van der Waals surface area contributed by atoms with Crippen molar-refractivity contribution in [2.45, 2.75) is 12.8 Å². The van der Waals surface area contributed by atoms with Crippen molar-refractivity contribution in [3.8, 4) is 34.4 Å². The highest BCUT2D eigenvalue weighted by molar-refractivity contribution is 5.90. The summed E-state index contributed by atoms with van der Waals surface area (Å²) in [5, 5.41) is 16.0. The van der Waals surface area contributed by atoms with Gasteiger partial charge in [-0.25, -0.2) is 52.7 Å². The molecule has 0 aliphatic heterocycles. The van der Waals surface area contributed by atoms with Crippen molar-refractivity contribution in [2.24, 2.45) is 0 Å². The van der Waals surface area contributed by atoms with Crippen LogP contribution >= 0.6 is 0 Å². The molecular formula is C30H4F12N4. The van der Waals surface area contributed by atoms with Crippen LogP contribution in [0.25, 0.3) is 43.6 Å². The van der Waals surface area contributed by atoms with E-state index < -0.39 is 149 Å². The number of nitrogens with zero attached hydrogens (tertiary/aromatic N) is 4. The third-order valence-electron chi connectivity index (χ3n) is 7.31. The zero-order valence-corrected chi connectivity index (χ0v) is 21.7. The molecule has 2 aliphatic carbocycles. The van der Waals surface area contributed by atoms with Crippen LogP contribution < -0.4 is 10.4 Å². The van der Waals surface area contributed by atoms with E-state index in [1.807, 2.05) is 0 Å². The molecular weight excluding hydrogens is 644 g/mol. The van der Waals surface area contributed by atoms with E-state index >= 15 is 26.3 Å². The Morgan fingerprint density at radius 3 is 1.11 bits per heavy atom. The lowest BCUT2D eigenvalue weighted by Crippen LogP contribution is -2.26. The number of allylic oxidation sites excluding steroid dienone is 3. The summed E-state index contributed by atoms with van der Waals surface area (Å²) < 4.78 is 179. The van der Waals surface area contributed by atoms with Crippen LogP contribution in [0.4, 0.5) is 52.7 Å². The molecule has 228 valence electrons. The Hall–Kier alpha value is -6.00. The number of hydrogen-bond donors (Lipinski definition) is 0. The van der Waals surface area contributed by atoms with Crippen LogP contribution in [-0.2, 0) is 12.8 Å². The van der Waals surface area contributed by atoms with Crippen LogP contribution in [0.3, 0.4) is 0 Å². The number of halogens is 12. The molecule has 0 unspecified atom stereocenters. The van der Waals surface area contributed by atoms with Crippen LogP contribution in [-0.4, -0.2) is 0 Å². The molecule has 5 rings (SSSR count). The van der Waals surface area contributed by atoms with E-state index in [0.29, 0.717) is 0 Å². The summed E-state index contributed by atoms with van der Waals surface area (Å²) in [6.45, 7) is 14.3. The van der Waals surface area contributed by atoms with E-state index in [-0.39, 0.29) is 0 Å². The van der Waals surface area contributed by atoms with E-state index in [4.69, 9.17) is 13.1 Å². The largest absolute Gasteiger partial charge is 0.525 e. The predicted molar refractivity (Wildman–Crippen MR) is 131 cm³/mol. The first-order chi connectivity index (χ1) is 21.7. The van der Waals surface area contributed by atoms with Gasteiger partial charge in [0.15, 0.2) is 46.5 Å². The van der Waals surface area contributed by atoms with Gasteiger partial charge in [-0.3, -0.25) is 0 Å². The van der Waals surface area contributed by atoms with Gasteiger partial charge in [0.05, 0.1) is 16.7 Å². The molecule has 0 atom stereocenters. The fourth-order valence-corrected chi connectivity index (χ4v) is 5.40. The molecule has 0 fully saturated rings. The lowest BCUT2D eigenvalue weighted by atomic mass is 9.86. The third kappa shape index (κ3) is 4.00. The Morgan fingerprint density at radius 2 is 0.783 bits per heavy atom. The SMILES string of the molecule is [C-]#[N+]C([N+]#[C-])=C1Cc2c(-c3c(F)c(F)c(F)c(F)c3F)c3c(c(-c4c(F)c(F)c(F)c(F)c4F)c2=C1F)CC(=C(C#N)C#N)C=3F. The van der Waals surface area contributed by atoms with Crippen LogP contribution in [0.2, 0.25) is 0 Å². The van der Waals surface area contributed by atoms with Crippen LogP contribution in [0.1, 0.15) is 11.1 Å². The third-order valence-corrected chi connectivity index (χ3v) is 7.31. The molecule has 46 heavy (non-hydrogen) atoms. The summed E-state index contributed by atoms with van der Waals surface area (Å²) in [5.74, 6) is -31.1. The molecule has 0 N–H and O–H groups in total. The second-order valence-corrected chi connectivity index (χ2v) is 9.43. The first kappa shape index (κ1) is 31.4. The first-order valence-corrected chi connectivity index (χ1v) is 12.0. The molecule has 0 heterocycles. The minimum absolute atomic E-state index is 1.01. The Bertz CT molecular complexity index is 2120. The van der Waals surface area contributed by atoms with Gasteiger partial charge in [0.2, 0.25) is 11.6 Å². The highest BCUT2D eigenvalue weighted by Crippen LogP contribution is 2.43. The van der Waals surface area contributed by atoms with Gasteiger partial charge >= 0.3 is 5.82 Å². The van der Waals surface area contributed by atoms with E-state index in [1.165, 1.54) is 12.1 Å². The fraction of sp³-hybridized carbons (Fsp3) is 0.0667. The molecule has 0 saturated heterocycles. The molecule has 3 aromatic rings. The van der Waals surface area contributed by atoms with Crippen LogP contribution in [0.15, 0.2) is 22.5 Å². The molecule has 3 aromatic carbocycles. The minimum Gasteiger partial charge on any atom is -0.207 e. The summed E-state index contributed by atoms with van der Waals surface area (Å²) in [5.41, 5.74) is -12.0. The molecule has 0 saturated carbocycles. The Kier molecular flexibility index (Phi) is 7.42. The van der Waals surface area contributed by atoms with Crippen LogP contribution in [0.5, 0.6) is 0 Å². The summed E-state index contributed by atoms with van der Waals surface area (Å²) in [6.07, 6.45) is -2.48. The van der Waals surface area contributed by atoms with Crippen LogP contribution in [0, 0.1) is 94.0 Å². The number of hydrogen-bond acceptors (Lipinski definition) is 2. The standard InChI is InChI=1S/C30H4F12N4/c1-45-30(46-2)11-4-10-13(17-22(35)26(39)29(42)27(40)23(17)36)14-9(3-8(18(14)31)7(5-43)6-44)12(15(10)19(11)32)16-20(33)24(37)28(41)25(38)21(16)34/h3-4H2. The average Bonchev–Trinajstić information content (AvgIpc) is 3.56. The van der Waals surface area contributed by atoms with Crippen molar-refractivity contribution in [2.75, 3.05) is 0 Å². The molecule has 0 aromatic heterocycles. The van der Waals surface area contributed by atoms with Crippen molar-refractivity contribution >= 4 is 11.7 Å². The molecule has 16 heteroatoms. The smallest absolute Gasteiger partial charge is 0.207 e. The monoisotopic (exact) mass is 648 g/mol.